The van der Waals surface area contributed by atoms with Gasteiger partial charge in [0, 0.05) is 31.6 Å². The summed E-state index contributed by atoms with van der Waals surface area (Å²) >= 11 is 1.66. The van der Waals surface area contributed by atoms with Crippen molar-refractivity contribution in [2.45, 2.75) is 13.5 Å². The van der Waals surface area contributed by atoms with Crippen LogP contribution in [0.4, 0.5) is 0 Å². The second-order valence-corrected chi connectivity index (χ2v) is 6.54. The summed E-state index contributed by atoms with van der Waals surface area (Å²) in [6, 6.07) is 10.1. The molecule has 0 saturated heterocycles. The molecule has 2 N–H and O–H groups in total. The van der Waals surface area contributed by atoms with Gasteiger partial charge in [-0.1, -0.05) is 30.3 Å². The molecule has 8 heteroatoms. The molecule has 0 bridgehead atoms. The molecular formula is C17H24IN5OS. The smallest absolute Gasteiger partial charge is 0.241 e. The first-order chi connectivity index (χ1) is 11.5. The van der Waals surface area contributed by atoms with E-state index < -0.39 is 0 Å². The molecule has 0 aliphatic carbocycles. The van der Waals surface area contributed by atoms with E-state index in [4.69, 9.17) is 0 Å². The number of carbonyl (C=O) groups is 1. The minimum absolute atomic E-state index is 0. The summed E-state index contributed by atoms with van der Waals surface area (Å²) in [5.41, 5.74) is 2.13. The number of hydrogen-bond donors (Lipinski definition) is 2. The Labute approximate surface area is 169 Å². The van der Waals surface area contributed by atoms with E-state index in [0.29, 0.717) is 12.5 Å². The molecule has 2 aromatic rings. The molecule has 6 nitrogen and oxygen atoms in total. The highest BCUT2D eigenvalue weighted by atomic mass is 127. The molecule has 0 spiro atoms. The Morgan fingerprint density at radius 2 is 1.92 bits per heavy atom. The first-order valence-corrected chi connectivity index (χ1v) is 8.49. The van der Waals surface area contributed by atoms with Crippen molar-refractivity contribution in [1.82, 2.24) is 20.5 Å². The van der Waals surface area contributed by atoms with E-state index in [1.54, 1.807) is 37.4 Å². The summed E-state index contributed by atoms with van der Waals surface area (Å²) < 4.78 is 0. The normalized spacial score (nSPS) is 10.8. The number of aromatic nitrogens is 1. The summed E-state index contributed by atoms with van der Waals surface area (Å²) in [6.45, 7) is 2.83. The summed E-state index contributed by atoms with van der Waals surface area (Å²) in [5.74, 6) is 0.595. The van der Waals surface area contributed by atoms with Crippen LogP contribution in [-0.4, -0.2) is 49.4 Å². The van der Waals surface area contributed by atoms with Crippen molar-refractivity contribution in [3.63, 3.8) is 0 Å². The first-order valence-electron chi connectivity index (χ1n) is 7.67. The van der Waals surface area contributed by atoms with Crippen molar-refractivity contribution in [2.24, 2.45) is 4.99 Å². The van der Waals surface area contributed by atoms with Gasteiger partial charge in [0.25, 0.3) is 0 Å². The molecule has 1 aromatic carbocycles. The molecule has 0 fully saturated rings. The summed E-state index contributed by atoms with van der Waals surface area (Å²) in [4.78, 5) is 23.1. The van der Waals surface area contributed by atoms with Crippen molar-refractivity contribution in [3.05, 3.63) is 40.9 Å². The summed E-state index contributed by atoms with van der Waals surface area (Å²) in [6.07, 6.45) is 0. The number of likely N-dealkylation sites (N-methyl/N-ethyl adjacent to an activating group) is 1. The van der Waals surface area contributed by atoms with Crippen LogP contribution in [-0.2, 0) is 11.3 Å². The van der Waals surface area contributed by atoms with Crippen molar-refractivity contribution in [1.29, 1.82) is 0 Å². The lowest BCUT2D eigenvalue weighted by Gasteiger charge is -2.14. The highest BCUT2D eigenvalue weighted by molar-refractivity contribution is 14.0. The van der Waals surface area contributed by atoms with E-state index in [1.165, 1.54) is 0 Å². The zero-order valence-electron chi connectivity index (χ0n) is 14.9. The highest BCUT2D eigenvalue weighted by Gasteiger charge is 2.10. The zero-order valence-corrected chi connectivity index (χ0v) is 18.0. The molecule has 0 aliphatic heterocycles. The fraction of sp³-hybridized carbons (Fsp3) is 0.353. The number of carbonyl (C=O) groups excluding carboxylic acids is 1. The van der Waals surface area contributed by atoms with Gasteiger partial charge in [0.05, 0.1) is 18.8 Å². The molecule has 25 heavy (non-hydrogen) atoms. The van der Waals surface area contributed by atoms with E-state index in [-0.39, 0.29) is 36.4 Å². The first kappa shape index (κ1) is 21.4. The van der Waals surface area contributed by atoms with Crippen molar-refractivity contribution in [3.8, 4) is 10.6 Å². The van der Waals surface area contributed by atoms with Crippen LogP contribution in [0.3, 0.4) is 0 Å². The van der Waals surface area contributed by atoms with Gasteiger partial charge in [-0.05, 0) is 6.92 Å². The van der Waals surface area contributed by atoms with Crippen LogP contribution >= 0.6 is 35.3 Å². The molecule has 0 radical (unpaired) electrons. The van der Waals surface area contributed by atoms with Gasteiger partial charge in [-0.15, -0.1) is 35.3 Å². The van der Waals surface area contributed by atoms with Gasteiger partial charge in [0.2, 0.25) is 5.91 Å². The number of halogens is 1. The SMILES string of the molecule is CN=C(NCC(=O)N(C)C)NCc1sc(-c2ccccc2)nc1C.I. The van der Waals surface area contributed by atoms with Gasteiger partial charge in [-0.2, -0.15) is 0 Å². The Balaban J connectivity index is 0.00000312. The van der Waals surface area contributed by atoms with Crippen LogP contribution in [0.5, 0.6) is 0 Å². The number of nitrogens with one attached hydrogen (secondary N) is 2. The minimum atomic E-state index is -0.00159. The number of amides is 1. The summed E-state index contributed by atoms with van der Waals surface area (Å²) in [7, 11) is 5.14. The number of rotatable bonds is 5. The Morgan fingerprint density at radius 3 is 2.52 bits per heavy atom. The average molecular weight is 473 g/mol. The van der Waals surface area contributed by atoms with Crippen LogP contribution in [0.15, 0.2) is 35.3 Å². The number of aryl methyl sites for hydroxylation is 1. The van der Waals surface area contributed by atoms with Crippen LogP contribution < -0.4 is 10.6 Å². The lowest BCUT2D eigenvalue weighted by molar-refractivity contribution is -0.127. The molecule has 0 unspecified atom stereocenters. The van der Waals surface area contributed by atoms with Crippen LogP contribution in [0, 0.1) is 6.92 Å². The maximum atomic E-state index is 11.6. The zero-order chi connectivity index (χ0) is 17.5. The third kappa shape index (κ3) is 6.28. The molecule has 2 rings (SSSR count). The number of guanidine groups is 1. The Hall–Kier alpha value is -1.68. The van der Waals surface area contributed by atoms with Crippen LogP contribution in [0.1, 0.15) is 10.6 Å². The largest absolute Gasteiger partial charge is 0.351 e. The van der Waals surface area contributed by atoms with Gasteiger partial charge in [0.1, 0.15) is 5.01 Å². The van der Waals surface area contributed by atoms with E-state index >= 15 is 0 Å². The standard InChI is InChI=1S/C17H23N5OS.HI/c1-12-14(24-16(21-12)13-8-6-5-7-9-13)10-19-17(18-2)20-11-15(23)22(3)4;/h5-9H,10-11H2,1-4H3,(H2,18,19,20);1H. The molecule has 0 aliphatic rings. The monoisotopic (exact) mass is 473 g/mol. The summed E-state index contributed by atoms with van der Waals surface area (Å²) in [5, 5.41) is 7.24. The number of nitrogens with zero attached hydrogens (tertiary/aromatic N) is 3. The van der Waals surface area contributed by atoms with E-state index in [2.05, 4.69) is 32.7 Å². The van der Waals surface area contributed by atoms with Crippen molar-refractivity contribution >= 4 is 47.2 Å². The quantitative estimate of drug-likeness (QED) is 0.398. The molecule has 0 saturated carbocycles. The molecule has 1 amide bonds. The second kappa shape index (κ2) is 10.3. The molecule has 1 heterocycles. The predicted octanol–water partition coefficient (Wildman–Crippen LogP) is 2.49. The molecular weight excluding hydrogens is 449 g/mol. The molecule has 136 valence electrons. The van der Waals surface area contributed by atoms with Crippen LogP contribution in [0.2, 0.25) is 0 Å². The van der Waals surface area contributed by atoms with Gasteiger partial charge in [-0.3, -0.25) is 9.79 Å². The topological polar surface area (TPSA) is 69.6 Å². The van der Waals surface area contributed by atoms with Gasteiger partial charge >= 0.3 is 0 Å². The maximum absolute atomic E-state index is 11.6. The number of thiazole rings is 1. The Bertz CT molecular complexity index is 715. The van der Waals surface area contributed by atoms with Gasteiger partial charge < -0.3 is 15.5 Å². The van der Waals surface area contributed by atoms with E-state index in [0.717, 1.165) is 21.1 Å². The Morgan fingerprint density at radius 1 is 1.24 bits per heavy atom. The third-order valence-electron chi connectivity index (χ3n) is 3.46. The average Bonchev–Trinajstić information content (AvgIpc) is 2.96. The number of aliphatic imine (C=N–C) groups is 1. The third-order valence-corrected chi connectivity index (χ3v) is 4.67. The predicted molar refractivity (Wildman–Crippen MR) is 115 cm³/mol. The number of benzene rings is 1. The van der Waals surface area contributed by atoms with Crippen molar-refractivity contribution < 1.29 is 4.79 Å². The van der Waals surface area contributed by atoms with Crippen molar-refractivity contribution in [2.75, 3.05) is 27.7 Å². The van der Waals surface area contributed by atoms with E-state index in [9.17, 15) is 4.79 Å². The lowest BCUT2D eigenvalue weighted by atomic mass is 10.2. The van der Waals surface area contributed by atoms with Gasteiger partial charge in [0.15, 0.2) is 5.96 Å². The highest BCUT2D eigenvalue weighted by Crippen LogP contribution is 2.27. The molecule has 0 atom stereocenters. The van der Waals surface area contributed by atoms with Gasteiger partial charge in [-0.25, -0.2) is 4.98 Å². The minimum Gasteiger partial charge on any atom is -0.351 e. The molecule has 1 aromatic heterocycles. The fourth-order valence-corrected chi connectivity index (χ4v) is 3.01. The maximum Gasteiger partial charge on any atom is 0.241 e. The van der Waals surface area contributed by atoms with Crippen LogP contribution in [0.25, 0.3) is 10.6 Å². The Kier molecular flexibility index (Phi) is 8.84. The number of hydrogen-bond acceptors (Lipinski definition) is 4. The van der Waals surface area contributed by atoms with E-state index in [1.807, 2.05) is 25.1 Å². The fourth-order valence-electron chi connectivity index (χ4n) is 2.00. The second-order valence-electron chi connectivity index (χ2n) is 5.46. The lowest BCUT2D eigenvalue weighted by Crippen LogP contribution is -2.42.